The molecule has 198 valence electrons. The van der Waals surface area contributed by atoms with E-state index in [9.17, 15) is 40.9 Å². The quantitative estimate of drug-likeness (QED) is 0.163. The van der Waals surface area contributed by atoms with E-state index in [4.69, 9.17) is 33.2 Å². The van der Waals surface area contributed by atoms with Crippen LogP contribution in [0.4, 0.5) is 0 Å². The molecule has 8 N–H and O–H groups in total. The van der Waals surface area contributed by atoms with Gasteiger partial charge in [0, 0.05) is 7.11 Å². The number of aliphatic hydroxyl groups is 8. The first-order valence-corrected chi connectivity index (χ1v) is 10.9. The molecule has 4 aliphatic heterocycles. The monoisotopic (exact) mass is 500 g/mol. The van der Waals surface area contributed by atoms with Gasteiger partial charge < -0.3 is 74.0 Å². The van der Waals surface area contributed by atoms with Gasteiger partial charge in [-0.15, -0.1) is 0 Å². The first-order chi connectivity index (χ1) is 16.1. The summed E-state index contributed by atoms with van der Waals surface area (Å²) in [6.07, 6.45) is -19.8. The van der Waals surface area contributed by atoms with Crippen LogP contribution in [0.1, 0.15) is 0 Å². The summed E-state index contributed by atoms with van der Waals surface area (Å²) in [7, 11) is 1.23. The zero-order chi connectivity index (χ0) is 24.7. The molecule has 4 saturated heterocycles. The molecule has 4 fully saturated rings. The van der Waals surface area contributed by atoms with Crippen molar-refractivity contribution in [1.82, 2.24) is 0 Å². The molecule has 4 heterocycles. The highest BCUT2D eigenvalue weighted by Gasteiger charge is 2.52. The van der Waals surface area contributed by atoms with Crippen molar-refractivity contribution < 1.29 is 74.0 Å². The Labute approximate surface area is 193 Å². The van der Waals surface area contributed by atoms with Crippen LogP contribution in [0.25, 0.3) is 0 Å². The summed E-state index contributed by atoms with van der Waals surface area (Å²) in [6.45, 7) is -0.746. The lowest BCUT2D eigenvalue weighted by atomic mass is 9.98. The Morgan fingerprint density at radius 2 is 1.09 bits per heavy atom. The summed E-state index contributed by atoms with van der Waals surface area (Å²) in [5.41, 5.74) is 0. The van der Waals surface area contributed by atoms with E-state index in [1.54, 1.807) is 0 Å². The minimum atomic E-state index is -1.69. The number of ether oxygens (including phenoxy) is 7. The van der Waals surface area contributed by atoms with Crippen molar-refractivity contribution in [3.8, 4) is 0 Å². The number of fused-ring (bicyclic) bond motifs is 2. The summed E-state index contributed by atoms with van der Waals surface area (Å²) in [5.74, 6) is 0. The van der Waals surface area contributed by atoms with Crippen LogP contribution >= 0.6 is 0 Å². The fourth-order valence-electron chi connectivity index (χ4n) is 4.40. The van der Waals surface area contributed by atoms with E-state index >= 15 is 0 Å². The normalized spacial score (nSPS) is 53.7. The molecule has 0 saturated carbocycles. The Balaban J connectivity index is 1.33. The van der Waals surface area contributed by atoms with Gasteiger partial charge in [-0.2, -0.15) is 0 Å². The van der Waals surface area contributed by atoms with E-state index in [0.29, 0.717) is 0 Å². The van der Waals surface area contributed by atoms with Crippen LogP contribution in [0.5, 0.6) is 0 Å². The van der Waals surface area contributed by atoms with Crippen LogP contribution in [0.15, 0.2) is 0 Å². The Kier molecular flexibility index (Phi) is 8.40. The van der Waals surface area contributed by atoms with Crippen LogP contribution in [0.2, 0.25) is 0 Å². The number of methoxy groups -OCH3 is 1. The zero-order valence-electron chi connectivity index (χ0n) is 18.2. The molecule has 2 bridgehead atoms. The van der Waals surface area contributed by atoms with Gasteiger partial charge in [-0.1, -0.05) is 0 Å². The molecular weight excluding hydrogens is 468 g/mol. The van der Waals surface area contributed by atoms with Crippen LogP contribution in [-0.4, -0.2) is 160 Å². The molecule has 0 aromatic heterocycles. The minimum Gasteiger partial charge on any atom is -0.387 e. The third-order valence-corrected chi connectivity index (χ3v) is 6.51. The molecule has 15 atom stereocenters. The van der Waals surface area contributed by atoms with E-state index < -0.39 is 98.7 Å². The second-order valence-corrected chi connectivity index (χ2v) is 8.75. The van der Waals surface area contributed by atoms with Crippen LogP contribution in [0, 0.1) is 0 Å². The Bertz CT molecular complexity index is 668. The van der Waals surface area contributed by atoms with Crippen LogP contribution in [0.3, 0.4) is 0 Å². The van der Waals surface area contributed by atoms with Gasteiger partial charge >= 0.3 is 0 Å². The molecule has 0 aliphatic carbocycles. The summed E-state index contributed by atoms with van der Waals surface area (Å²) >= 11 is 0. The van der Waals surface area contributed by atoms with E-state index in [0.717, 1.165) is 0 Å². The summed E-state index contributed by atoms with van der Waals surface area (Å²) < 4.78 is 37.4. The second-order valence-electron chi connectivity index (χ2n) is 8.75. The number of hydrogen-bond donors (Lipinski definition) is 8. The highest BCUT2D eigenvalue weighted by atomic mass is 16.7. The average Bonchev–Trinajstić information content (AvgIpc) is 3.09. The zero-order valence-corrected chi connectivity index (χ0v) is 18.2. The summed E-state index contributed by atoms with van der Waals surface area (Å²) in [5, 5.41) is 80.9. The molecule has 0 amide bonds. The minimum absolute atomic E-state index is 0.0802. The molecule has 15 nitrogen and oxygen atoms in total. The lowest BCUT2D eigenvalue weighted by molar-refractivity contribution is -0.336. The molecule has 0 unspecified atom stereocenters. The summed E-state index contributed by atoms with van der Waals surface area (Å²) in [6, 6.07) is 0. The van der Waals surface area contributed by atoms with Crippen molar-refractivity contribution in [2.24, 2.45) is 0 Å². The maximum absolute atomic E-state index is 10.3. The first-order valence-electron chi connectivity index (χ1n) is 10.9. The predicted molar refractivity (Wildman–Crippen MR) is 103 cm³/mol. The van der Waals surface area contributed by atoms with Crippen molar-refractivity contribution in [2.45, 2.75) is 92.1 Å². The maximum Gasteiger partial charge on any atom is 0.186 e. The van der Waals surface area contributed by atoms with Gasteiger partial charge in [0.05, 0.1) is 19.8 Å². The van der Waals surface area contributed by atoms with Crippen molar-refractivity contribution in [1.29, 1.82) is 0 Å². The molecule has 0 aromatic carbocycles. The lowest BCUT2D eigenvalue weighted by Gasteiger charge is -2.43. The number of aliphatic hydroxyl groups excluding tert-OH is 8. The van der Waals surface area contributed by atoms with Gasteiger partial charge in [0.1, 0.15) is 73.2 Å². The van der Waals surface area contributed by atoms with E-state index in [-0.39, 0.29) is 13.2 Å². The smallest absolute Gasteiger partial charge is 0.186 e. The standard InChI is InChI=1S/C19H32O15/c1-28-17-13(25)11(23)8(20)5(32-17)3-30-18-14(26)12(24)9(21)6(33-18)4-31-19-15(27)16-10(22)7(34-19)2-29-16/h5-27H,2-4H2,1H3/t5-,6-,7-,8-,9-,10-,11+,12+,13-,14-,15-,16+,17+,18+,19+/m1/s1. The molecular formula is C19H32O15. The largest absolute Gasteiger partial charge is 0.387 e. The van der Waals surface area contributed by atoms with Gasteiger partial charge in [-0.05, 0) is 0 Å². The Morgan fingerprint density at radius 1 is 0.588 bits per heavy atom. The topological polar surface area (TPSA) is 226 Å². The second kappa shape index (κ2) is 10.8. The van der Waals surface area contributed by atoms with E-state index in [2.05, 4.69) is 0 Å². The number of hydrogen-bond acceptors (Lipinski definition) is 15. The van der Waals surface area contributed by atoms with Gasteiger partial charge in [0.25, 0.3) is 0 Å². The van der Waals surface area contributed by atoms with Gasteiger partial charge in [0.2, 0.25) is 0 Å². The SMILES string of the molecule is CO[C@H]1O[C@H](CO[C@H]2O[C@H](CO[C@H]3O[C@@H]4CO[C@H]([C@H]3O)[C@@H]4O)[C@@H](O)[C@H](O)[C@H]2O)[C@@H](O)[C@H](O)[C@H]1O. The van der Waals surface area contributed by atoms with Gasteiger partial charge in [0.15, 0.2) is 18.9 Å². The molecule has 0 aromatic rings. The molecule has 15 heteroatoms. The van der Waals surface area contributed by atoms with Crippen LogP contribution < -0.4 is 0 Å². The Morgan fingerprint density at radius 3 is 1.65 bits per heavy atom. The van der Waals surface area contributed by atoms with Crippen molar-refractivity contribution in [3.05, 3.63) is 0 Å². The van der Waals surface area contributed by atoms with Crippen molar-refractivity contribution >= 4 is 0 Å². The predicted octanol–water partition coefficient (Wildman–Crippen LogP) is -5.87. The molecule has 34 heavy (non-hydrogen) atoms. The fourth-order valence-corrected chi connectivity index (χ4v) is 4.40. The Hall–Kier alpha value is -0.600. The van der Waals surface area contributed by atoms with Gasteiger partial charge in [-0.3, -0.25) is 0 Å². The maximum atomic E-state index is 10.3. The first kappa shape index (κ1) is 26.5. The summed E-state index contributed by atoms with van der Waals surface area (Å²) in [4.78, 5) is 0. The molecule has 4 rings (SSSR count). The van der Waals surface area contributed by atoms with Crippen LogP contribution in [-0.2, 0) is 33.2 Å². The van der Waals surface area contributed by atoms with E-state index in [1.165, 1.54) is 7.11 Å². The number of rotatable bonds is 7. The highest BCUT2D eigenvalue weighted by molar-refractivity contribution is 4.96. The van der Waals surface area contributed by atoms with Crippen molar-refractivity contribution in [3.63, 3.8) is 0 Å². The molecule has 4 aliphatic rings. The molecule has 0 radical (unpaired) electrons. The molecule has 0 spiro atoms. The fraction of sp³-hybridized carbons (Fsp3) is 1.00. The average molecular weight is 500 g/mol. The third-order valence-electron chi connectivity index (χ3n) is 6.51. The van der Waals surface area contributed by atoms with Crippen molar-refractivity contribution in [2.75, 3.05) is 26.9 Å². The third kappa shape index (κ3) is 4.97. The lowest BCUT2D eigenvalue weighted by Crippen LogP contribution is -2.62. The highest BCUT2D eigenvalue weighted by Crippen LogP contribution is 2.31. The van der Waals surface area contributed by atoms with Gasteiger partial charge in [-0.25, -0.2) is 0 Å². The van der Waals surface area contributed by atoms with E-state index in [1.807, 2.05) is 0 Å².